The Balaban J connectivity index is 2.21. The van der Waals surface area contributed by atoms with Gasteiger partial charge in [0.2, 0.25) is 5.82 Å². The molecule has 0 spiro atoms. The third kappa shape index (κ3) is 4.34. The lowest BCUT2D eigenvalue weighted by Gasteiger charge is -2.02. The van der Waals surface area contributed by atoms with Crippen molar-refractivity contribution in [2.45, 2.75) is 0 Å². The molecule has 0 aliphatic carbocycles. The lowest BCUT2D eigenvalue weighted by Crippen LogP contribution is -2.19. The zero-order valence-electron chi connectivity index (χ0n) is 11.5. The van der Waals surface area contributed by atoms with Crippen molar-refractivity contribution < 1.29 is 32.2 Å². The molecule has 1 unspecified atom stereocenters. The van der Waals surface area contributed by atoms with Gasteiger partial charge in [0.1, 0.15) is 11.9 Å². The zero-order valence-corrected chi connectivity index (χ0v) is 12.3. The number of hydrogen-bond acceptors (Lipinski definition) is 8. The van der Waals surface area contributed by atoms with Gasteiger partial charge >= 0.3 is 29.2 Å². The van der Waals surface area contributed by atoms with Gasteiger partial charge in [-0.15, -0.1) is 5.10 Å². The van der Waals surface area contributed by atoms with Gasteiger partial charge in [-0.25, -0.2) is 9.59 Å². The number of carbonyl (C=O) groups excluding carboxylic acids is 2. The number of amides is 1. The Morgan fingerprint density at radius 3 is 2.58 bits per heavy atom. The van der Waals surface area contributed by atoms with Crippen LogP contribution in [0.15, 0.2) is 36.5 Å². The molecule has 0 fully saturated rings. The van der Waals surface area contributed by atoms with E-state index in [9.17, 15) is 23.9 Å². The Bertz CT molecular complexity index is 806. The Morgan fingerprint density at radius 1 is 1.33 bits per heavy atom. The molecule has 0 saturated carbocycles. The van der Waals surface area contributed by atoms with E-state index in [2.05, 4.69) is 9.28 Å². The summed E-state index contributed by atoms with van der Waals surface area (Å²) >= 11 is -2.92. The summed E-state index contributed by atoms with van der Waals surface area (Å²) < 4.78 is 28.0. The third-order valence-corrected chi connectivity index (χ3v) is 2.69. The van der Waals surface area contributed by atoms with Crippen molar-refractivity contribution in [2.24, 2.45) is 0 Å². The van der Waals surface area contributed by atoms with Crippen LogP contribution >= 0.6 is 0 Å². The maximum atomic E-state index is 11.9. The molecule has 1 aromatic carbocycles. The molecule has 2 aromatic rings. The van der Waals surface area contributed by atoms with Crippen molar-refractivity contribution in [2.75, 3.05) is 5.32 Å². The Hall–Kier alpha value is -3.32. The predicted molar refractivity (Wildman–Crippen MR) is 77.6 cm³/mol. The van der Waals surface area contributed by atoms with Crippen LogP contribution in [0, 0.1) is 10.1 Å². The van der Waals surface area contributed by atoms with Crippen LogP contribution in [0.25, 0.3) is 0 Å². The van der Waals surface area contributed by atoms with E-state index < -0.39 is 40.0 Å². The summed E-state index contributed by atoms with van der Waals surface area (Å²) in [7, 11) is 0. The van der Waals surface area contributed by atoms with Gasteiger partial charge < -0.3 is 8.92 Å². The van der Waals surface area contributed by atoms with Gasteiger partial charge in [-0.05, 0) is 12.1 Å². The molecule has 13 heteroatoms. The Morgan fingerprint density at radius 2 is 2.00 bits per heavy atom. The molecule has 0 saturated heterocycles. The van der Waals surface area contributed by atoms with E-state index in [1.807, 2.05) is 0 Å². The van der Waals surface area contributed by atoms with Crippen LogP contribution in [0.2, 0.25) is 0 Å². The van der Waals surface area contributed by atoms with Crippen LogP contribution in [0.5, 0.6) is 5.75 Å². The smallest absolute Gasteiger partial charge is 0.409 e. The number of hydrogen-bond donors (Lipinski definition) is 2. The molecule has 1 aromatic heterocycles. The van der Waals surface area contributed by atoms with Crippen molar-refractivity contribution in [1.29, 1.82) is 0 Å². The van der Waals surface area contributed by atoms with E-state index in [1.54, 1.807) is 23.5 Å². The van der Waals surface area contributed by atoms with Crippen molar-refractivity contribution in [3.05, 3.63) is 46.6 Å². The highest BCUT2D eigenvalue weighted by Gasteiger charge is 2.25. The summed E-state index contributed by atoms with van der Waals surface area (Å²) in [5, 5.41) is 16.2. The van der Waals surface area contributed by atoms with Crippen LogP contribution in [-0.2, 0) is 15.5 Å². The van der Waals surface area contributed by atoms with Crippen LogP contribution in [0.3, 0.4) is 0 Å². The molecule has 2 rings (SSSR count). The number of aromatic nitrogens is 2. The van der Waals surface area contributed by atoms with Crippen LogP contribution in [-0.4, -0.2) is 35.7 Å². The molecule has 0 aliphatic rings. The molecule has 1 amide bonds. The minimum absolute atomic E-state index is 0.172. The first-order chi connectivity index (χ1) is 11.4. The minimum Gasteiger partial charge on any atom is -0.409 e. The van der Waals surface area contributed by atoms with Gasteiger partial charge in [0, 0.05) is 0 Å². The molecule has 1 atom stereocenters. The molecule has 12 nitrogen and oxygen atoms in total. The minimum atomic E-state index is -2.92. The highest BCUT2D eigenvalue weighted by Crippen LogP contribution is 2.22. The highest BCUT2D eigenvalue weighted by molar-refractivity contribution is 7.74. The first-order valence-electron chi connectivity index (χ1n) is 5.98. The van der Waals surface area contributed by atoms with E-state index in [-0.39, 0.29) is 5.75 Å². The molecule has 2 N–H and O–H groups in total. The quantitative estimate of drug-likeness (QED) is 0.469. The number of anilines is 1. The number of benzene rings is 1. The van der Waals surface area contributed by atoms with Crippen molar-refractivity contribution in [3.8, 4) is 5.75 Å². The maximum Gasteiger partial charge on any atom is 0.440 e. The van der Waals surface area contributed by atoms with E-state index >= 15 is 0 Å². The Labute approximate surface area is 135 Å². The third-order valence-electron chi connectivity index (χ3n) is 2.39. The summed E-state index contributed by atoms with van der Waals surface area (Å²) in [5.74, 6) is -0.495. The average molecular weight is 356 g/mol. The van der Waals surface area contributed by atoms with Gasteiger partial charge in [-0.3, -0.25) is 20.0 Å². The van der Waals surface area contributed by atoms with Crippen LogP contribution in [0.1, 0.15) is 0 Å². The molecule has 0 aliphatic heterocycles. The van der Waals surface area contributed by atoms with Crippen molar-refractivity contribution in [3.63, 3.8) is 0 Å². The van der Waals surface area contributed by atoms with E-state index in [0.717, 1.165) is 0 Å². The van der Waals surface area contributed by atoms with Gasteiger partial charge in [-0.2, -0.15) is 8.89 Å². The number of carbonyl (C=O) groups is 2. The second kappa shape index (κ2) is 7.30. The summed E-state index contributed by atoms with van der Waals surface area (Å²) in [6, 6.07) is 7.85. The fourth-order valence-corrected chi connectivity index (χ4v) is 1.67. The topological polar surface area (TPSA) is 163 Å². The number of para-hydroxylation sites is 1. The summed E-state index contributed by atoms with van der Waals surface area (Å²) in [6.07, 6.45) is -1.84. The zero-order chi connectivity index (χ0) is 17.7. The normalized spacial score (nSPS) is 11.4. The molecular weight excluding hydrogens is 348 g/mol. The fourth-order valence-electron chi connectivity index (χ4n) is 1.50. The molecule has 24 heavy (non-hydrogen) atoms. The number of nitro groups is 1. The first-order valence-corrected chi connectivity index (χ1v) is 7.01. The lowest BCUT2D eigenvalue weighted by atomic mass is 10.3. The highest BCUT2D eigenvalue weighted by atomic mass is 32.2. The van der Waals surface area contributed by atoms with E-state index in [1.165, 1.54) is 12.1 Å². The molecule has 126 valence electrons. The summed E-state index contributed by atoms with van der Waals surface area (Å²) in [4.78, 5) is 33.1. The first kappa shape index (κ1) is 17.0. The van der Waals surface area contributed by atoms with E-state index in [0.29, 0.717) is 10.9 Å². The standard InChI is InChI=1S/C11H8N4O8S/c16-10(23-24(20)21)12-9-8(15(18)19)6-14(13-9)11(17)22-7-4-2-1-3-5-7/h1-6H,(H,20,21)(H,12,13,16). The fraction of sp³-hybridized carbons (Fsp3) is 0. The molecule has 0 radical (unpaired) electrons. The number of nitrogens with zero attached hydrogens (tertiary/aromatic N) is 3. The summed E-state index contributed by atoms with van der Waals surface area (Å²) in [6.45, 7) is 0. The van der Waals surface area contributed by atoms with Crippen LogP contribution < -0.4 is 10.1 Å². The SMILES string of the molecule is O=C(Nc1nn(C(=O)Oc2ccccc2)cc1[N+](=O)[O-])OS(=O)O. The lowest BCUT2D eigenvalue weighted by molar-refractivity contribution is -0.384. The number of nitrogens with one attached hydrogen (secondary N) is 1. The largest absolute Gasteiger partial charge is 0.440 e. The second-order valence-corrected chi connectivity index (χ2v) is 4.56. The van der Waals surface area contributed by atoms with Gasteiger partial charge in [0.15, 0.2) is 0 Å². The van der Waals surface area contributed by atoms with E-state index in [4.69, 9.17) is 9.29 Å². The van der Waals surface area contributed by atoms with Crippen LogP contribution in [0.4, 0.5) is 21.1 Å². The monoisotopic (exact) mass is 356 g/mol. The van der Waals surface area contributed by atoms with Gasteiger partial charge in [0.05, 0.1) is 4.92 Å². The number of rotatable bonds is 4. The van der Waals surface area contributed by atoms with Gasteiger partial charge in [-0.1, -0.05) is 18.2 Å². The Kier molecular flexibility index (Phi) is 5.18. The van der Waals surface area contributed by atoms with Crippen molar-refractivity contribution in [1.82, 2.24) is 9.78 Å². The molecular formula is C11H8N4O8S. The second-order valence-electron chi connectivity index (χ2n) is 3.96. The number of ether oxygens (including phenoxy) is 1. The van der Waals surface area contributed by atoms with Gasteiger partial charge in [0.25, 0.3) is 0 Å². The predicted octanol–water partition coefficient (Wildman–Crippen LogP) is 1.52. The molecule has 1 heterocycles. The maximum absolute atomic E-state index is 11.9. The average Bonchev–Trinajstić information content (AvgIpc) is 2.91. The summed E-state index contributed by atoms with van der Waals surface area (Å²) in [5.41, 5.74) is -0.749. The van der Waals surface area contributed by atoms with Crippen molar-refractivity contribution >= 4 is 35.1 Å². The molecule has 0 bridgehead atoms.